The standard InChI is InChI=1S/C15H19N3O3/c1-4-20-12-6-9-5-8(2)21-11(9)7-10(12)13-14(16)17-15(19)18(13)3/h6-8,13H,4-5H2,1-3H3,(H2,16,17,19). The summed E-state index contributed by atoms with van der Waals surface area (Å²) in [4.78, 5) is 13.2. The molecule has 112 valence electrons. The first-order valence-electron chi connectivity index (χ1n) is 7.09. The highest BCUT2D eigenvalue weighted by molar-refractivity contribution is 6.06. The quantitative estimate of drug-likeness (QED) is 0.894. The van der Waals surface area contributed by atoms with Gasteiger partial charge in [0.1, 0.15) is 29.5 Å². The van der Waals surface area contributed by atoms with Gasteiger partial charge in [-0.3, -0.25) is 10.7 Å². The van der Waals surface area contributed by atoms with Crippen LogP contribution < -0.4 is 14.8 Å². The maximum absolute atomic E-state index is 11.7. The van der Waals surface area contributed by atoms with E-state index in [0.29, 0.717) is 12.4 Å². The second kappa shape index (κ2) is 4.95. The van der Waals surface area contributed by atoms with Crippen molar-refractivity contribution in [2.45, 2.75) is 32.4 Å². The topological polar surface area (TPSA) is 74.7 Å². The van der Waals surface area contributed by atoms with E-state index in [1.807, 2.05) is 26.0 Å². The van der Waals surface area contributed by atoms with Crippen LogP contribution in [0.4, 0.5) is 4.79 Å². The number of ether oxygens (including phenoxy) is 2. The SMILES string of the molecule is CCOc1cc2c(cc1C1C(=N)NC(=O)N1C)OC(C)C2. The third kappa shape index (κ3) is 2.20. The summed E-state index contributed by atoms with van der Waals surface area (Å²) in [7, 11) is 1.67. The largest absolute Gasteiger partial charge is 0.493 e. The molecule has 1 aromatic rings. The summed E-state index contributed by atoms with van der Waals surface area (Å²) < 4.78 is 11.5. The van der Waals surface area contributed by atoms with E-state index in [1.54, 1.807) is 7.05 Å². The fourth-order valence-electron chi connectivity index (χ4n) is 2.90. The Hall–Kier alpha value is -2.24. The molecule has 1 fully saturated rings. The number of nitrogens with one attached hydrogen (secondary N) is 2. The number of carbonyl (C=O) groups is 1. The average molecular weight is 289 g/mol. The van der Waals surface area contributed by atoms with Crippen LogP contribution in [0.25, 0.3) is 0 Å². The molecule has 2 amide bonds. The lowest BCUT2D eigenvalue weighted by molar-refractivity contribution is 0.216. The van der Waals surface area contributed by atoms with Crippen molar-refractivity contribution in [3.63, 3.8) is 0 Å². The number of likely N-dealkylation sites (N-methyl/N-ethyl adjacent to an activating group) is 1. The number of urea groups is 1. The zero-order chi connectivity index (χ0) is 15.1. The van der Waals surface area contributed by atoms with Crippen molar-refractivity contribution >= 4 is 11.9 Å². The summed E-state index contributed by atoms with van der Waals surface area (Å²) in [6.07, 6.45) is 0.996. The molecular weight excluding hydrogens is 270 g/mol. The molecule has 3 rings (SSSR count). The lowest BCUT2D eigenvalue weighted by Gasteiger charge is -2.21. The van der Waals surface area contributed by atoms with E-state index in [2.05, 4.69) is 5.32 Å². The van der Waals surface area contributed by atoms with Crippen molar-refractivity contribution in [3.05, 3.63) is 23.3 Å². The molecular formula is C15H19N3O3. The van der Waals surface area contributed by atoms with E-state index < -0.39 is 6.04 Å². The van der Waals surface area contributed by atoms with Gasteiger partial charge in [-0.1, -0.05) is 0 Å². The Morgan fingerprint density at radius 3 is 2.90 bits per heavy atom. The van der Waals surface area contributed by atoms with Crippen LogP contribution in [-0.2, 0) is 6.42 Å². The number of amidine groups is 1. The Kier molecular flexibility index (Phi) is 3.23. The fourth-order valence-corrected chi connectivity index (χ4v) is 2.90. The highest BCUT2D eigenvalue weighted by atomic mass is 16.5. The van der Waals surface area contributed by atoms with E-state index in [4.69, 9.17) is 14.9 Å². The molecule has 2 aliphatic heterocycles. The molecule has 2 aliphatic rings. The number of carbonyl (C=O) groups excluding carboxylic acids is 1. The second-order valence-corrected chi connectivity index (χ2v) is 5.42. The minimum atomic E-state index is -0.455. The van der Waals surface area contributed by atoms with E-state index in [1.165, 1.54) is 4.90 Å². The molecule has 6 nitrogen and oxygen atoms in total. The molecule has 2 heterocycles. The van der Waals surface area contributed by atoms with Crippen molar-refractivity contribution in [3.8, 4) is 11.5 Å². The summed E-state index contributed by atoms with van der Waals surface area (Å²) in [6, 6.07) is 3.15. The van der Waals surface area contributed by atoms with Gasteiger partial charge in [0.15, 0.2) is 0 Å². The van der Waals surface area contributed by atoms with Crippen LogP contribution in [0, 0.1) is 5.41 Å². The smallest absolute Gasteiger partial charge is 0.323 e. The molecule has 1 aromatic carbocycles. The van der Waals surface area contributed by atoms with Crippen molar-refractivity contribution < 1.29 is 14.3 Å². The van der Waals surface area contributed by atoms with Gasteiger partial charge in [-0.2, -0.15) is 0 Å². The fraction of sp³-hybridized carbons (Fsp3) is 0.467. The number of hydrogen-bond acceptors (Lipinski definition) is 4. The zero-order valence-corrected chi connectivity index (χ0v) is 12.4. The second-order valence-electron chi connectivity index (χ2n) is 5.42. The van der Waals surface area contributed by atoms with Gasteiger partial charge in [0.2, 0.25) is 0 Å². The molecule has 1 saturated heterocycles. The van der Waals surface area contributed by atoms with Crippen LogP contribution in [0.5, 0.6) is 11.5 Å². The van der Waals surface area contributed by atoms with Crippen molar-refractivity contribution in [1.29, 1.82) is 5.41 Å². The minimum Gasteiger partial charge on any atom is -0.493 e. The Labute approximate surface area is 123 Å². The van der Waals surface area contributed by atoms with Gasteiger partial charge in [-0.15, -0.1) is 0 Å². The zero-order valence-electron chi connectivity index (χ0n) is 12.4. The van der Waals surface area contributed by atoms with Gasteiger partial charge < -0.3 is 14.4 Å². The maximum Gasteiger partial charge on any atom is 0.323 e. The van der Waals surface area contributed by atoms with Gasteiger partial charge in [-0.05, 0) is 26.0 Å². The van der Waals surface area contributed by atoms with Crippen molar-refractivity contribution in [1.82, 2.24) is 10.2 Å². The van der Waals surface area contributed by atoms with Gasteiger partial charge in [0, 0.05) is 24.6 Å². The number of hydrogen-bond donors (Lipinski definition) is 2. The Bertz CT molecular complexity index is 614. The Morgan fingerprint density at radius 2 is 2.29 bits per heavy atom. The van der Waals surface area contributed by atoms with Crippen LogP contribution in [0.15, 0.2) is 12.1 Å². The van der Waals surface area contributed by atoms with E-state index in [9.17, 15) is 4.79 Å². The molecule has 0 aromatic heterocycles. The third-order valence-corrected chi connectivity index (χ3v) is 3.85. The molecule has 0 saturated carbocycles. The molecule has 2 unspecified atom stereocenters. The molecule has 21 heavy (non-hydrogen) atoms. The number of benzene rings is 1. The number of rotatable bonds is 3. The van der Waals surface area contributed by atoms with Crippen LogP contribution in [0.3, 0.4) is 0 Å². The van der Waals surface area contributed by atoms with Gasteiger partial charge >= 0.3 is 6.03 Å². The van der Waals surface area contributed by atoms with E-state index in [0.717, 1.165) is 23.3 Å². The van der Waals surface area contributed by atoms with Crippen molar-refractivity contribution in [2.24, 2.45) is 0 Å². The Balaban J connectivity index is 2.07. The monoisotopic (exact) mass is 289 g/mol. The summed E-state index contributed by atoms with van der Waals surface area (Å²) in [6.45, 7) is 4.48. The molecule has 0 spiro atoms. The molecule has 2 N–H and O–H groups in total. The van der Waals surface area contributed by atoms with Gasteiger partial charge in [0.05, 0.1) is 6.61 Å². The number of nitrogens with zero attached hydrogens (tertiary/aromatic N) is 1. The molecule has 0 aliphatic carbocycles. The predicted octanol–water partition coefficient (Wildman–Crippen LogP) is 2.08. The highest BCUT2D eigenvalue weighted by Crippen LogP contribution is 2.40. The Morgan fingerprint density at radius 1 is 1.52 bits per heavy atom. The summed E-state index contributed by atoms with van der Waals surface area (Å²) in [5, 5.41) is 10.5. The summed E-state index contributed by atoms with van der Waals surface area (Å²) in [5.74, 6) is 1.70. The average Bonchev–Trinajstić information content (AvgIpc) is 2.89. The van der Waals surface area contributed by atoms with E-state index >= 15 is 0 Å². The maximum atomic E-state index is 11.7. The summed E-state index contributed by atoms with van der Waals surface area (Å²) >= 11 is 0. The number of fused-ring (bicyclic) bond motifs is 1. The van der Waals surface area contributed by atoms with Crippen LogP contribution >= 0.6 is 0 Å². The highest BCUT2D eigenvalue weighted by Gasteiger charge is 2.37. The lowest BCUT2D eigenvalue weighted by Crippen LogP contribution is -2.25. The summed E-state index contributed by atoms with van der Waals surface area (Å²) in [5.41, 5.74) is 1.90. The molecule has 6 heteroatoms. The molecule has 0 bridgehead atoms. The lowest BCUT2D eigenvalue weighted by atomic mass is 10.0. The van der Waals surface area contributed by atoms with Crippen LogP contribution in [-0.4, -0.2) is 36.5 Å². The van der Waals surface area contributed by atoms with Crippen LogP contribution in [0.2, 0.25) is 0 Å². The van der Waals surface area contributed by atoms with Gasteiger partial charge in [0.25, 0.3) is 0 Å². The molecule has 0 radical (unpaired) electrons. The first kappa shape index (κ1) is 13.7. The third-order valence-electron chi connectivity index (χ3n) is 3.85. The normalized spacial score (nSPS) is 23.9. The van der Waals surface area contributed by atoms with E-state index in [-0.39, 0.29) is 18.0 Å². The first-order valence-corrected chi connectivity index (χ1v) is 7.09. The van der Waals surface area contributed by atoms with Gasteiger partial charge in [-0.25, -0.2) is 4.79 Å². The van der Waals surface area contributed by atoms with Crippen molar-refractivity contribution in [2.75, 3.05) is 13.7 Å². The van der Waals surface area contributed by atoms with Crippen LogP contribution in [0.1, 0.15) is 31.0 Å². The first-order chi connectivity index (χ1) is 10.0. The predicted molar refractivity (Wildman–Crippen MR) is 78.2 cm³/mol. The number of amides is 2. The minimum absolute atomic E-state index is 0.144. The molecule has 2 atom stereocenters.